The highest BCUT2D eigenvalue weighted by atomic mass is 32.2. The molecule has 0 saturated carbocycles. The lowest BCUT2D eigenvalue weighted by Gasteiger charge is -2.19. The van der Waals surface area contributed by atoms with Crippen molar-refractivity contribution >= 4 is 10.0 Å². The zero-order chi connectivity index (χ0) is 16.1. The molecule has 7 heteroatoms. The van der Waals surface area contributed by atoms with Gasteiger partial charge in [-0.05, 0) is 39.8 Å². The second-order valence-corrected chi connectivity index (χ2v) is 7.82. The van der Waals surface area contributed by atoms with Crippen molar-refractivity contribution in [1.82, 2.24) is 9.62 Å². The normalized spacial score (nSPS) is 13.0. The maximum atomic E-state index is 12.3. The van der Waals surface area contributed by atoms with Crippen molar-refractivity contribution in [3.8, 4) is 0 Å². The van der Waals surface area contributed by atoms with Crippen LogP contribution in [0.4, 0.5) is 0 Å². The van der Waals surface area contributed by atoms with Gasteiger partial charge in [0.15, 0.2) is 0 Å². The first-order valence-electron chi connectivity index (χ1n) is 7.04. The average molecular weight is 318 g/mol. The van der Waals surface area contributed by atoms with E-state index >= 15 is 0 Å². The van der Waals surface area contributed by atoms with Gasteiger partial charge in [-0.15, -0.1) is 0 Å². The summed E-state index contributed by atoms with van der Waals surface area (Å²) in [5.74, 6) is 0.599. The van der Waals surface area contributed by atoms with E-state index in [0.29, 0.717) is 32.1 Å². The second-order valence-electron chi connectivity index (χ2n) is 5.85. The zero-order valence-electron chi connectivity index (χ0n) is 13.5. The summed E-state index contributed by atoms with van der Waals surface area (Å²) in [7, 11) is -2.08. The Kier molecular flexibility index (Phi) is 6.40. The Morgan fingerprint density at radius 2 is 2.00 bits per heavy atom. The van der Waals surface area contributed by atoms with Crippen LogP contribution in [0.1, 0.15) is 33.5 Å². The predicted octanol–water partition coefficient (Wildman–Crippen LogP) is 1.82. The van der Waals surface area contributed by atoms with Crippen molar-refractivity contribution in [2.24, 2.45) is 0 Å². The van der Waals surface area contributed by atoms with E-state index in [1.54, 1.807) is 6.07 Å². The van der Waals surface area contributed by atoms with Crippen molar-refractivity contribution in [2.45, 2.75) is 44.9 Å². The summed E-state index contributed by atoms with van der Waals surface area (Å²) in [5, 5.41) is 3.22. The molecule has 21 heavy (non-hydrogen) atoms. The Morgan fingerprint density at radius 1 is 1.33 bits per heavy atom. The molecule has 1 N–H and O–H groups in total. The van der Waals surface area contributed by atoms with Crippen LogP contribution >= 0.6 is 0 Å². The van der Waals surface area contributed by atoms with Gasteiger partial charge in [-0.2, -0.15) is 4.31 Å². The van der Waals surface area contributed by atoms with Gasteiger partial charge in [-0.1, -0.05) is 0 Å². The number of nitrogens with zero attached hydrogens (tertiary/aromatic N) is 1. The van der Waals surface area contributed by atoms with E-state index < -0.39 is 10.0 Å². The maximum Gasteiger partial charge on any atom is 0.276 e. The molecule has 0 spiro atoms. The zero-order valence-corrected chi connectivity index (χ0v) is 14.3. The van der Waals surface area contributed by atoms with Gasteiger partial charge >= 0.3 is 0 Å². The van der Waals surface area contributed by atoms with E-state index in [4.69, 9.17) is 9.15 Å². The van der Waals surface area contributed by atoms with Crippen LogP contribution in [0.2, 0.25) is 0 Å². The summed E-state index contributed by atoms with van der Waals surface area (Å²) in [6.45, 7) is 9.70. The molecule has 0 radical (unpaired) electrons. The highest BCUT2D eigenvalue weighted by Gasteiger charge is 2.24. The van der Waals surface area contributed by atoms with E-state index in [1.807, 2.05) is 27.7 Å². The molecule has 1 aromatic rings. The summed E-state index contributed by atoms with van der Waals surface area (Å²) in [5.41, 5.74) is -0.0554. The lowest BCUT2D eigenvalue weighted by atomic mass is 10.1. The Labute approximate surface area is 127 Å². The van der Waals surface area contributed by atoms with E-state index in [0.717, 1.165) is 0 Å². The summed E-state index contributed by atoms with van der Waals surface area (Å²) >= 11 is 0. The molecule has 0 aliphatic carbocycles. The molecule has 0 saturated heterocycles. The molecule has 1 rings (SSSR count). The third kappa shape index (κ3) is 5.78. The van der Waals surface area contributed by atoms with Gasteiger partial charge in [0.05, 0.1) is 13.2 Å². The number of nitrogens with one attached hydrogen (secondary N) is 1. The minimum Gasteiger partial charge on any atom is -0.447 e. The Balaban J connectivity index is 2.69. The monoisotopic (exact) mass is 318 g/mol. The number of rotatable bonds is 8. The van der Waals surface area contributed by atoms with Crippen molar-refractivity contribution < 1.29 is 17.6 Å². The number of hydrogen-bond acceptors (Lipinski definition) is 5. The number of sulfonamides is 1. The van der Waals surface area contributed by atoms with Gasteiger partial charge in [0.1, 0.15) is 5.76 Å². The first-order valence-corrected chi connectivity index (χ1v) is 8.48. The fourth-order valence-corrected chi connectivity index (χ4v) is 2.63. The molecule has 0 aliphatic rings. The van der Waals surface area contributed by atoms with E-state index in [-0.39, 0.29) is 10.6 Å². The number of ether oxygens (including phenoxy) is 1. The molecule has 0 unspecified atom stereocenters. The highest BCUT2D eigenvalue weighted by Crippen LogP contribution is 2.18. The molecule has 122 valence electrons. The van der Waals surface area contributed by atoms with Crippen molar-refractivity contribution in [3.63, 3.8) is 0 Å². The Hall–Kier alpha value is -0.890. The summed E-state index contributed by atoms with van der Waals surface area (Å²) < 4.78 is 36.4. The first kappa shape index (κ1) is 18.2. The van der Waals surface area contributed by atoms with Crippen LogP contribution in [0.15, 0.2) is 21.6 Å². The number of likely N-dealkylation sites (N-methyl/N-ethyl adjacent to an activating group) is 1. The summed E-state index contributed by atoms with van der Waals surface area (Å²) in [6.07, 6.45) is 0. The fraction of sp³-hybridized carbons (Fsp3) is 0.714. The van der Waals surface area contributed by atoms with E-state index in [9.17, 15) is 8.42 Å². The van der Waals surface area contributed by atoms with Gasteiger partial charge in [-0.25, -0.2) is 8.42 Å². The lowest BCUT2D eigenvalue weighted by Crippen LogP contribution is -2.34. The topological polar surface area (TPSA) is 71.8 Å². The lowest BCUT2D eigenvalue weighted by molar-refractivity contribution is 0.138. The van der Waals surface area contributed by atoms with Crippen LogP contribution in [0, 0.1) is 0 Å². The van der Waals surface area contributed by atoms with Gasteiger partial charge in [-0.3, -0.25) is 0 Å². The molecule has 0 atom stereocenters. The standard InChI is InChI=1S/C14H26N2O4S/c1-6-19-10-9-16(5)21(17,18)13-8-7-12(20-13)11-15-14(2,3)4/h7-8,15H,6,9-11H2,1-5H3. The molecule has 6 nitrogen and oxygen atoms in total. The highest BCUT2D eigenvalue weighted by molar-refractivity contribution is 7.89. The van der Waals surface area contributed by atoms with Gasteiger partial charge < -0.3 is 14.5 Å². The smallest absolute Gasteiger partial charge is 0.276 e. The maximum absolute atomic E-state index is 12.3. The molecule has 0 amide bonds. The third-order valence-electron chi connectivity index (χ3n) is 2.85. The van der Waals surface area contributed by atoms with Crippen molar-refractivity contribution in [3.05, 3.63) is 17.9 Å². The summed E-state index contributed by atoms with van der Waals surface area (Å²) in [6, 6.07) is 3.17. The SMILES string of the molecule is CCOCCN(C)S(=O)(=O)c1ccc(CNC(C)(C)C)o1. The van der Waals surface area contributed by atoms with Crippen LogP contribution < -0.4 is 5.32 Å². The van der Waals surface area contributed by atoms with Crippen LogP contribution in [0.25, 0.3) is 0 Å². The second kappa shape index (κ2) is 7.40. The van der Waals surface area contributed by atoms with Gasteiger partial charge in [0, 0.05) is 25.7 Å². The van der Waals surface area contributed by atoms with Crippen LogP contribution in [-0.2, 0) is 21.3 Å². The Morgan fingerprint density at radius 3 is 2.57 bits per heavy atom. The van der Waals surface area contributed by atoms with E-state index in [2.05, 4.69) is 5.32 Å². The van der Waals surface area contributed by atoms with Gasteiger partial charge in [0.25, 0.3) is 10.0 Å². The average Bonchev–Trinajstić information content (AvgIpc) is 2.85. The van der Waals surface area contributed by atoms with E-state index in [1.165, 1.54) is 17.4 Å². The largest absolute Gasteiger partial charge is 0.447 e. The van der Waals surface area contributed by atoms with Crippen LogP contribution in [0.3, 0.4) is 0 Å². The molecule has 0 fully saturated rings. The minimum absolute atomic E-state index is 0.0350. The fourth-order valence-electron chi connectivity index (χ4n) is 1.56. The molecule has 0 aliphatic heterocycles. The molecule has 1 aromatic heterocycles. The molecule has 0 bridgehead atoms. The van der Waals surface area contributed by atoms with Crippen molar-refractivity contribution in [1.29, 1.82) is 0 Å². The Bertz CT molecular complexity index is 531. The van der Waals surface area contributed by atoms with Crippen LogP contribution in [0.5, 0.6) is 0 Å². The first-order chi connectivity index (χ1) is 9.66. The van der Waals surface area contributed by atoms with Crippen LogP contribution in [-0.4, -0.2) is 45.1 Å². The predicted molar refractivity (Wildman–Crippen MR) is 81.6 cm³/mol. The number of hydrogen-bond donors (Lipinski definition) is 1. The minimum atomic E-state index is -3.59. The summed E-state index contributed by atoms with van der Waals surface area (Å²) in [4.78, 5) is 0. The molecular formula is C14H26N2O4S. The number of furan rings is 1. The molecular weight excluding hydrogens is 292 g/mol. The molecule has 1 heterocycles. The quantitative estimate of drug-likeness (QED) is 0.740. The van der Waals surface area contributed by atoms with Crippen molar-refractivity contribution in [2.75, 3.05) is 26.8 Å². The third-order valence-corrected chi connectivity index (χ3v) is 4.58. The van der Waals surface area contributed by atoms with Gasteiger partial charge in [0.2, 0.25) is 5.09 Å². The molecule has 0 aromatic carbocycles.